The van der Waals surface area contributed by atoms with Crippen molar-refractivity contribution < 1.29 is 14.3 Å². The molecule has 0 radical (unpaired) electrons. The summed E-state index contributed by atoms with van der Waals surface area (Å²) in [7, 11) is 0. The third kappa shape index (κ3) is 4.39. The van der Waals surface area contributed by atoms with Gasteiger partial charge in [0, 0.05) is 17.8 Å². The number of carbonyl (C=O) groups is 1. The van der Waals surface area contributed by atoms with Crippen LogP contribution in [0.1, 0.15) is 16.9 Å². The first-order valence-electron chi connectivity index (χ1n) is 7.59. The Morgan fingerprint density at radius 1 is 1.30 bits per heavy atom. The minimum absolute atomic E-state index is 0.0212. The van der Waals surface area contributed by atoms with Gasteiger partial charge in [0.1, 0.15) is 0 Å². The van der Waals surface area contributed by atoms with E-state index in [1.807, 2.05) is 17.5 Å². The highest BCUT2D eigenvalue weighted by Crippen LogP contribution is 2.38. The van der Waals surface area contributed by atoms with Gasteiger partial charge in [0.05, 0.1) is 24.7 Å². The molecule has 0 saturated carbocycles. The van der Waals surface area contributed by atoms with Gasteiger partial charge in [-0.1, -0.05) is 17.7 Å². The molecule has 0 atom stereocenters. The van der Waals surface area contributed by atoms with Crippen molar-refractivity contribution in [2.45, 2.75) is 19.3 Å². The Hall–Kier alpha value is -1.72. The van der Waals surface area contributed by atoms with E-state index in [1.54, 1.807) is 17.4 Å². The summed E-state index contributed by atoms with van der Waals surface area (Å²) in [5.41, 5.74) is 0.827. The van der Waals surface area contributed by atoms with Crippen LogP contribution in [0.5, 0.6) is 11.5 Å². The average Bonchev–Trinajstić information content (AvgIpc) is 2.91. The highest BCUT2D eigenvalue weighted by Gasteiger charge is 2.16. The van der Waals surface area contributed by atoms with Crippen LogP contribution in [0.2, 0.25) is 5.02 Å². The predicted octanol–water partition coefficient (Wildman–Crippen LogP) is 3.46. The molecule has 1 aromatic heterocycles. The summed E-state index contributed by atoms with van der Waals surface area (Å²) in [6.45, 7) is 1.83. The molecule has 6 heteroatoms. The summed E-state index contributed by atoms with van der Waals surface area (Å²) in [6, 6.07) is 7.70. The zero-order valence-corrected chi connectivity index (χ0v) is 14.2. The number of fused-ring (bicyclic) bond motifs is 1. The third-order valence-corrected chi connectivity index (χ3v) is 4.72. The van der Waals surface area contributed by atoms with E-state index in [0.717, 1.165) is 18.4 Å². The van der Waals surface area contributed by atoms with Crippen molar-refractivity contribution in [2.75, 3.05) is 19.8 Å². The maximum atomic E-state index is 12.1. The number of benzene rings is 1. The monoisotopic (exact) mass is 351 g/mol. The van der Waals surface area contributed by atoms with E-state index in [1.165, 1.54) is 4.88 Å². The molecule has 2 aromatic rings. The van der Waals surface area contributed by atoms with Gasteiger partial charge in [-0.05, 0) is 35.6 Å². The highest BCUT2D eigenvalue weighted by atomic mass is 35.5. The zero-order chi connectivity index (χ0) is 16.1. The Balaban J connectivity index is 1.57. The van der Waals surface area contributed by atoms with E-state index in [2.05, 4.69) is 11.4 Å². The molecule has 1 aliphatic rings. The lowest BCUT2D eigenvalue weighted by Crippen LogP contribution is -2.27. The molecule has 1 N–H and O–H groups in total. The number of hydrogen-bond acceptors (Lipinski definition) is 4. The van der Waals surface area contributed by atoms with E-state index >= 15 is 0 Å². The second-order valence-electron chi connectivity index (χ2n) is 5.31. The average molecular weight is 352 g/mol. The standard InChI is InChI=1S/C17H18ClNO3S/c18-14-9-12(10-15-17(14)22-7-2-6-21-15)11-16(20)19-5-4-13-3-1-8-23-13/h1,3,8-10H,2,4-7,11H2,(H,19,20). The van der Waals surface area contributed by atoms with Gasteiger partial charge >= 0.3 is 0 Å². The summed E-state index contributed by atoms with van der Waals surface area (Å²) in [5.74, 6) is 1.18. The van der Waals surface area contributed by atoms with Crippen molar-refractivity contribution in [1.82, 2.24) is 5.32 Å². The lowest BCUT2D eigenvalue weighted by molar-refractivity contribution is -0.120. The molecular weight excluding hydrogens is 334 g/mol. The Morgan fingerprint density at radius 2 is 2.17 bits per heavy atom. The third-order valence-electron chi connectivity index (χ3n) is 3.50. The quantitative estimate of drug-likeness (QED) is 0.897. The molecule has 2 heterocycles. The number of halogens is 1. The first-order chi connectivity index (χ1) is 11.2. The molecule has 1 aliphatic heterocycles. The molecule has 4 nitrogen and oxygen atoms in total. The summed E-state index contributed by atoms with van der Waals surface area (Å²) < 4.78 is 11.2. The zero-order valence-electron chi connectivity index (χ0n) is 12.6. The van der Waals surface area contributed by atoms with E-state index in [-0.39, 0.29) is 12.3 Å². The largest absolute Gasteiger partial charge is 0.489 e. The van der Waals surface area contributed by atoms with Crippen molar-refractivity contribution in [2.24, 2.45) is 0 Å². The molecule has 1 aromatic carbocycles. The van der Waals surface area contributed by atoms with Crippen LogP contribution in [-0.2, 0) is 17.6 Å². The van der Waals surface area contributed by atoms with Crippen LogP contribution in [-0.4, -0.2) is 25.7 Å². The van der Waals surface area contributed by atoms with Gasteiger partial charge < -0.3 is 14.8 Å². The van der Waals surface area contributed by atoms with E-state index in [4.69, 9.17) is 21.1 Å². The van der Waals surface area contributed by atoms with E-state index in [0.29, 0.717) is 36.3 Å². The van der Waals surface area contributed by atoms with Crippen molar-refractivity contribution in [1.29, 1.82) is 0 Å². The summed E-state index contributed by atoms with van der Waals surface area (Å²) in [6.07, 6.45) is 1.95. The number of carbonyl (C=O) groups excluding carboxylic acids is 1. The maximum Gasteiger partial charge on any atom is 0.224 e. The predicted molar refractivity (Wildman–Crippen MR) is 91.8 cm³/mol. The molecule has 0 saturated heterocycles. The fourth-order valence-corrected chi connectivity index (χ4v) is 3.41. The van der Waals surface area contributed by atoms with E-state index < -0.39 is 0 Å². The molecule has 23 heavy (non-hydrogen) atoms. The van der Waals surface area contributed by atoms with Gasteiger partial charge in [0.25, 0.3) is 0 Å². The van der Waals surface area contributed by atoms with Crippen molar-refractivity contribution in [3.8, 4) is 11.5 Å². The molecule has 0 aliphatic carbocycles. The normalized spacial score (nSPS) is 13.4. The van der Waals surface area contributed by atoms with Crippen LogP contribution in [0.15, 0.2) is 29.6 Å². The van der Waals surface area contributed by atoms with E-state index in [9.17, 15) is 4.79 Å². The lowest BCUT2D eigenvalue weighted by atomic mass is 10.1. The Kier molecular flexibility index (Phi) is 5.41. The fraction of sp³-hybridized carbons (Fsp3) is 0.353. The minimum Gasteiger partial charge on any atom is -0.489 e. The smallest absolute Gasteiger partial charge is 0.224 e. The van der Waals surface area contributed by atoms with Crippen LogP contribution in [0.4, 0.5) is 0 Å². The SMILES string of the molecule is O=C(Cc1cc(Cl)c2c(c1)OCCCO2)NCCc1cccs1. The van der Waals surface area contributed by atoms with Gasteiger partial charge in [0.2, 0.25) is 5.91 Å². The van der Waals surface area contributed by atoms with Crippen LogP contribution in [0.3, 0.4) is 0 Å². The first kappa shape index (κ1) is 16.1. The van der Waals surface area contributed by atoms with Gasteiger partial charge in [0.15, 0.2) is 11.5 Å². The lowest BCUT2D eigenvalue weighted by Gasteiger charge is -2.11. The summed E-state index contributed by atoms with van der Waals surface area (Å²) in [4.78, 5) is 13.3. The number of rotatable bonds is 5. The fourth-order valence-electron chi connectivity index (χ4n) is 2.41. The van der Waals surface area contributed by atoms with Gasteiger partial charge in [-0.2, -0.15) is 0 Å². The molecule has 0 bridgehead atoms. The van der Waals surface area contributed by atoms with Crippen LogP contribution < -0.4 is 14.8 Å². The molecule has 3 rings (SSSR count). The number of amides is 1. The Labute approximate surface area is 144 Å². The van der Waals surface area contributed by atoms with Crippen LogP contribution in [0, 0.1) is 0 Å². The Morgan fingerprint density at radius 3 is 3.00 bits per heavy atom. The molecule has 0 spiro atoms. The van der Waals surface area contributed by atoms with Crippen LogP contribution >= 0.6 is 22.9 Å². The number of hydrogen-bond donors (Lipinski definition) is 1. The highest BCUT2D eigenvalue weighted by molar-refractivity contribution is 7.09. The number of thiophene rings is 1. The first-order valence-corrected chi connectivity index (χ1v) is 8.85. The summed E-state index contributed by atoms with van der Waals surface area (Å²) >= 11 is 7.94. The molecule has 1 amide bonds. The summed E-state index contributed by atoms with van der Waals surface area (Å²) in [5, 5.41) is 5.46. The number of ether oxygens (including phenoxy) is 2. The number of nitrogens with one attached hydrogen (secondary N) is 1. The second-order valence-corrected chi connectivity index (χ2v) is 6.75. The molecule has 0 fully saturated rings. The van der Waals surface area contributed by atoms with Crippen molar-refractivity contribution in [3.05, 3.63) is 45.1 Å². The van der Waals surface area contributed by atoms with Crippen molar-refractivity contribution >= 4 is 28.8 Å². The molecular formula is C17H18ClNO3S. The van der Waals surface area contributed by atoms with Gasteiger partial charge in [-0.25, -0.2) is 0 Å². The van der Waals surface area contributed by atoms with Gasteiger partial charge in [-0.15, -0.1) is 11.3 Å². The minimum atomic E-state index is -0.0212. The Bertz CT molecular complexity index is 673. The second kappa shape index (κ2) is 7.70. The maximum absolute atomic E-state index is 12.1. The van der Waals surface area contributed by atoms with Crippen molar-refractivity contribution in [3.63, 3.8) is 0 Å². The topological polar surface area (TPSA) is 47.6 Å². The molecule has 122 valence electrons. The van der Waals surface area contributed by atoms with Gasteiger partial charge in [-0.3, -0.25) is 4.79 Å². The van der Waals surface area contributed by atoms with Crippen LogP contribution in [0.25, 0.3) is 0 Å². The molecule has 0 unspecified atom stereocenters.